The van der Waals surface area contributed by atoms with Crippen molar-refractivity contribution in [3.05, 3.63) is 36.2 Å². The lowest BCUT2D eigenvalue weighted by Crippen LogP contribution is -2.42. The SMILES string of the molecule is CCCc1ccc(S(=O)(=O)N2CCC(S(=O)(=O)c3nncn3C)CC2)cc1. The molecule has 27 heavy (non-hydrogen) atoms. The number of hydrogen-bond acceptors (Lipinski definition) is 6. The van der Waals surface area contributed by atoms with Crippen molar-refractivity contribution in [2.45, 2.75) is 47.9 Å². The van der Waals surface area contributed by atoms with E-state index >= 15 is 0 Å². The molecule has 2 aromatic rings. The molecule has 0 unspecified atom stereocenters. The van der Waals surface area contributed by atoms with Crippen molar-refractivity contribution in [1.29, 1.82) is 0 Å². The molecule has 0 atom stereocenters. The zero-order valence-corrected chi connectivity index (χ0v) is 17.1. The summed E-state index contributed by atoms with van der Waals surface area (Å²) in [4.78, 5) is 0.247. The molecular weight excluding hydrogens is 388 g/mol. The first-order valence-electron chi connectivity index (χ1n) is 8.93. The molecule has 8 nitrogen and oxygen atoms in total. The fraction of sp³-hybridized carbons (Fsp3) is 0.529. The van der Waals surface area contributed by atoms with Crippen molar-refractivity contribution in [3.8, 4) is 0 Å². The summed E-state index contributed by atoms with van der Waals surface area (Å²) in [5.74, 6) is 0. The van der Waals surface area contributed by atoms with Crippen LogP contribution in [0.1, 0.15) is 31.7 Å². The van der Waals surface area contributed by atoms with Gasteiger partial charge in [-0.05, 0) is 37.0 Å². The predicted octanol–water partition coefficient (Wildman–Crippen LogP) is 1.39. The normalized spacial score (nSPS) is 17.3. The van der Waals surface area contributed by atoms with Crippen LogP contribution in [0.15, 0.2) is 40.6 Å². The van der Waals surface area contributed by atoms with Crippen LogP contribution in [0.25, 0.3) is 0 Å². The van der Waals surface area contributed by atoms with Crippen molar-refractivity contribution in [1.82, 2.24) is 19.1 Å². The van der Waals surface area contributed by atoms with E-state index in [0.717, 1.165) is 18.4 Å². The van der Waals surface area contributed by atoms with Gasteiger partial charge in [-0.1, -0.05) is 25.5 Å². The van der Waals surface area contributed by atoms with Gasteiger partial charge in [-0.3, -0.25) is 0 Å². The molecule has 2 heterocycles. The summed E-state index contributed by atoms with van der Waals surface area (Å²) in [6, 6.07) is 6.93. The van der Waals surface area contributed by atoms with Gasteiger partial charge in [0.25, 0.3) is 0 Å². The molecule has 0 aliphatic carbocycles. The van der Waals surface area contributed by atoms with Gasteiger partial charge in [-0.25, -0.2) is 16.8 Å². The maximum absolute atomic E-state index is 12.8. The minimum absolute atomic E-state index is 0.0738. The molecule has 0 N–H and O–H groups in total. The van der Waals surface area contributed by atoms with E-state index in [1.807, 2.05) is 12.1 Å². The van der Waals surface area contributed by atoms with Crippen LogP contribution in [-0.4, -0.2) is 54.2 Å². The molecule has 1 aromatic heterocycles. The fourth-order valence-electron chi connectivity index (χ4n) is 3.33. The summed E-state index contributed by atoms with van der Waals surface area (Å²) in [6.07, 6.45) is 3.73. The van der Waals surface area contributed by atoms with Crippen LogP contribution < -0.4 is 0 Å². The first kappa shape index (κ1) is 20.0. The van der Waals surface area contributed by atoms with Gasteiger partial charge in [0.2, 0.25) is 25.0 Å². The molecule has 0 bridgehead atoms. The van der Waals surface area contributed by atoms with Gasteiger partial charge in [0.15, 0.2) is 0 Å². The lowest BCUT2D eigenvalue weighted by atomic mass is 10.1. The fourth-order valence-corrected chi connectivity index (χ4v) is 6.54. The second-order valence-electron chi connectivity index (χ2n) is 6.77. The molecule has 1 aliphatic rings. The van der Waals surface area contributed by atoms with Gasteiger partial charge >= 0.3 is 0 Å². The van der Waals surface area contributed by atoms with Gasteiger partial charge in [-0.15, -0.1) is 10.2 Å². The molecule has 1 aromatic carbocycles. The van der Waals surface area contributed by atoms with Gasteiger partial charge in [0.05, 0.1) is 10.1 Å². The van der Waals surface area contributed by atoms with E-state index in [4.69, 9.17) is 0 Å². The monoisotopic (exact) mass is 412 g/mol. The van der Waals surface area contributed by atoms with Gasteiger partial charge in [0.1, 0.15) is 6.33 Å². The van der Waals surface area contributed by atoms with Crippen molar-refractivity contribution < 1.29 is 16.8 Å². The Labute approximate surface area is 160 Å². The third-order valence-electron chi connectivity index (χ3n) is 4.86. The Morgan fingerprint density at radius 1 is 1.07 bits per heavy atom. The summed E-state index contributed by atoms with van der Waals surface area (Å²) in [5, 5.41) is 6.59. The highest BCUT2D eigenvalue weighted by Gasteiger charge is 2.37. The number of sulfonamides is 1. The minimum Gasteiger partial charge on any atom is -0.308 e. The number of aromatic nitrogens is 3. The topological polar surface area (TPSA) is 102 Å². The Hall–Kier alpha value is -1.78. The maximum Gasteiger partial charge on any atom is 0.249 e. The molecule has 1 fully saturated rings. The van der Waals surface area contributed by atoms with Crippen LogP contribution in [0.5, 0.6) is 0 Å². The van der Waals surface area contributed by atoms with Gasteiger partial charge in [0, 0.05) is 20.1 Å². The smallest absolute Gasteiger partial charge is 0.249 e. The van der Waals surface area contributed by atoms with E-state index in [0.29, 0.717) is 0 Å². The number of nitrogens with zero attached hydrogens (tertiary/aromatic N) is 4. The number of piperidine rings is 1. The number of sulfone groups is 1. The van der Waals surface area contributed by atoms with Gasteiger partial charge < -0.3 is 4.57 Å². The van der Waals surface area contributed by atoms with Crippen LogP contribution in [0.2, 0.25) is 0 Å². The predicted molar refractivity (Wildman–Crippen MR) is 100 cm³/mol. The third-order valence-corrected chi connectivity index (χ3v) is 9.00. The molecule has 0 spiro atoms. The summed E-state index contributed by atoms with van der Waals surface area (Å²) in [5.41, 5.74) is 1.10. The molecule has 1 saturated heterocycles. The van der Waals surface area contributed by atoms with Crippen molar-refractivity contribution in [3.63, 3.8) is 0 Å². The van der Waals surface area contributed by atoms with Crippen molar-refractivity contribution in [2.24, 2.45) is 7.05 Å². The summed E-state index contributed by atoms with van der Waals surface area (Å²) in [6.45, 7) is 2.41. The van der Waals surface area contributed by atoms with E-state index in [-0.39, 0.29) is 36.0 Å². The van der Waals surface area contributed by atoms with Crippen molar-refractivity contribution in [2.75, 3.05) is 13.1 Å². The number of aryl methyl sites for hydroxylation is 2. The number of hydrogen-bond donors (Lipinski definition) is 0. The second-order valence-corrected chi connectivity index (χ2v) is 10.8. The molecule has 3 rings (SSSR count). The Morgan fingerprint density at radius 3 is 2.22 bits per heavy atom. The van der Waals surface area contributed by atoms with Crippen molar-refractivity contribution >= 4 is 19.9 Å². The highest BCUT2D eigenvalue weighted by Crippen LogP contribution is 2.27. The lowest BCUT2D eigenvalue weighted by molar-refractivity contribution is 0.344. The molecule has 148 valence electrons. The van der Waals surface area contributed by atoms with E-state index in [1.165, 1.54) is 15.2 Å². The van der Waals surface area contributed by atoms with E-state index < -0.39 is 25.1 Å². The number of benzene rings is 1. The minimum atomic E-state index is -3.63. The second kappa shape index (κ2) is 7.69. The van der Waals surface area contributed by atoms with Crippen LogP contribution in [0, 0.1) is 0 Å². The molecule has 0 amide bonds. The molecule has 10 heteroatoms. The highest BCUT2D eigenvalue weighted by atomic mass is 32.2. The number of rotatable bonds is 6. The van der Waals surface area contributed by atoms with Crippen LogP contribution in [0.3, 0.4) is 0 Å². The summed E-state index contributed by atoms with van der Waals surface area (Å²) in [7, 11) is -5.67. The average Bonchev–Trinajstić information content (AvgIpc) is 3.09. The largest absolute Gasteiger partial charge is 0.308 e. The first-order valence-corrected chi connectivity index (χ1v) is 11.9. The maximum atomic E-state index is 12.8. The summed E-state index contributed by atoms with van der Waals surface area (Å²) < 4.78 is 53.8. The third kappa shape index (κ3) is 3.92. The molecule has 0 saturated carbocycles. The van der Waals surface area contributed by atoms with E-state index in [9.17, 15) is 16.8 Å². The van der Waals surface area contributed by atoms with Crippen LogP contribution >= 0.6 is 0 Å². The quantitative estimate of drug-likeness (QED) is 0.710. The molecular formula is C17H24N4O4S2. The lowest BCUT2D eigenvalue weighted by Gasteiger charge is -2.30. The first-order chi connectivity index (χ1) is 12.8. The Balaban J connectivity index is 1.72. The highest BCUT2D eigenvalue weighted by molar-refractivity contribution is 7.92. The van der Waals surface area contributed by atoms with E-state index in [2.05, 4.69) is 17.1 Å². The zero-order valence-electron chi connectivity index (χ0n) is 15.4. The van der Waals surface area contributed by atoms with E-state index in [1.54, 1.807) is 19.2 Å². The Bertz CT molecular complexity index is 990. The molecule has 1 aliphatic heterocycles. The average molecular weight is 413 g/mol. The Morgan fingerprint density at radius 2 is 1.70 bits per heavy atom. The standard InChI is InChI=1S/C17H24N4O4S2/c1-3-4-14-5-7-16(8-6-14)27(24,25)21-11-9-15(10-12-21)26(22,23)17-19-18-13-20(17)2/h5-8,13,15H,3-4,9-12H2,1-2H3. The van der Waals surface area contributed by atoms with Crippen LogP contribution in [0.4, 0.5) is 0 Å². The molecule has 0 radical (unpaired) electrons. The van der Waals surface area contributed by atoms with Crippen LogP contribution in [-0.2, 0) is 33.3 Å². The summed E-state index contributed by atoms with van der Waals surface area (Å²) >= 11 is 0. The van der Waals surface area contributed by atoms with Gasteiger partial charge in [-0.2, -0.15) is 4.31 Å². The Kier molecular flexibility index (Phi) is 5.68. The zero-order chi connectivity index (χ0) is 19.7.